The molecule has 4 bridgehead atoms. The average molecular weight is 426 g/mol. The summed E-state index contributed by atoms with van der Waals surface area (Å²) < 4.78 is 92.7. The SMILES string of the molecule is C=C(C)C(=O)OC1CC2CC1C1C3CC(C21)C(C(F)(F)C(F)(F)S(=O)(=O)O)C3. The molecule has 0 aromatic heterocycles. The lowest BCUT2D eigenvalue weighted by molar-refractivity contribution is -0.211. The number of hydrogen-bond donors (Lipinski definition) is 1. The van der Waals surface area contributed by atoms with Crippen LogP contribution in [-0.4, -0.2) is 36.2 Å². The van der Waals surface area contributed by atoms with Crippen LogP contribution in [0, 0.1) is 41.4 Å². The van der Waals surface area contributed by atoms with Crippen molar-refractivity contribution in [1.82, 2.24) is 0 Å². The summed E-state index contributed by atoms with van der Waals surface area (Å²) >= 11 is 0. The first-order valence-corrected chi connectivity index (χ1v) is 10.8. The van der Waals surface area contributed by atoms with Gasteiger partial charge in [-0.15, -0.1) is 0 Å². The maximum absolute atomic E-state index is 14.5. The van der Waals surface area contributed by atoms with Gasteiger partial charge in [0.25, 0.3) is 0 Å². The third kappa shape index (κ3) is 2.52. The highest BCUT2D eigenvalue weighted by Gasteiger charge is 2.75. The molecule has 0 aliphatic heterocycles. The van der Waals surface area contributed by atoms with Gasteiger partial charge in [0.2, 0.25) is 0 Å². The lowest BCUT2D eigenvalue weighted by Gasteiger charge is -2.43. The summed E-state index contributed by atoms with van der Waals surface area (Å²) in [6.07, 6.45) is 1.01. The zero-order chi connectivity index (χ0) is 20.8. The van der Waals surface area contributed by atoms with Crippen molar-refractivity contribution in [3.63, 3.8) is 0 Å². The molecule has 4 aliphatic carbocycles. The van der Waals surface area contributed by atoms with E-state index in [-0.39, 0.29) is 47.7 Å². The fraction of sp³-hybridized carbons (Fsp3) is 0.833. The summed E-state index contributed by atoms with van der Waals surface area (Å²) in [5.74, 6) is -8.22. The Morgan fingerprint density at radius 1 is 1.04 bits per heavy atom. The van der Waals surface area contributed by atoms with Crippen LogP contribution in [-0.2, 0) is 19.6 Å². The molecular weight excluding hydrogens is 404 g/mol. The van der Waals surface area contributed by atoms with E-state index in [0.717, 1.165) is 0 Å². The van der Waals surface area contributed by atoms with Gasteiger partial charge in [0.1, 0.15) is 6.10 Å². The first kappa shape index (κ1) is 20.1. The van der Waals surface area contributed by atoms with Crippen LogP contribution < -0.4 is 0 Å². The Kier molecular flexibility index (Phi) is 4.26. The summed E-state index contributed by atoms with van der Waals surface area (Å²) in [5, 5.41) is -5.51. The van der Waals surface area contributed by atoms with Crippen molar-refractivity contribution in [3.8, 4) is 0 Å². The predicted octanol–water partition coefficient (Wildman–Crippen LogP) is 3.52. The van der Waals surface area contributed by atoms with E-state index in [1.807, 2.05) is 0 Å². The monoisotopic (exact) mass is 426 g/mol. The summed E-state index contributed by atoms with van der Waals surface area (Å²) in [5.41, 5.74) is 0.277. The Morgan fingerprint density at radius 3 is 2.14 bits per heavy atom. The average Bonchev–Trinajstić information content (AvgIpc) is 3.31. The lowest BCUT2D eigenvalue weighted by atomic mass is 9.65. The van der Waals surface area contributed by atoms with E-state index in [0.29, 0.717) is 19.3 Å². The molecule has 8 unspecified atom stereocenters. The molecule has 4 saturated carbocycles. The van der Waals surface area contributed by atoms with Gasteiger partial charge in [-0.3, -0.25) is 4.55 Å². The first-order valence-electron chi connectivity index (χ1n) is 9.36. The van der Waals surface area contributed by atoms with E-state index < -0.39 is 39.1 Å². The van der Waals surface area contributed by atoms with E-state index in [2.05, 4.69) is 6.58 Å². The largest absolute Gasteiger partial charge is 0.459 e. The Morgan fingerprint density at radius 2 is 1.57 bits per heavy atom. The van der Waals surface area contributed by atoms with Gasteiger partial charge < -0.3 is 4.74 Å². The molecule has 8 atom stereocenters. The number of carbonyl (C=O) groups excluding carboxylic acids is 1. The maximum atomic E-state index is 14.5. The zero-order valence-electron chi connectivity index (χ0n) is 15.2. The molecule has 4 rings (SSSR count). The van der Waals surface area contributed by atoms with Crippen molar-refractivity contribution >= 4 is 16.1 Å². The van der Waals surface area contributed by atoms with Crippen molar-refractivity contribution in [1.29, 1.82) is 0 Å². The van der Waals surface area contributed by atoms with Crippen LogP contribution in [0.2, 0.25) is 0 Å². The molecule has 0 radical (unpaired) electrons. The maximum Gasteiger partial charge on any atom is 0.431 e. The van der Waals surface area contributed by atoms with Gasteiger partial charge in [-0.05, 0) is 68.1 Å². The molecule has 0 amide bonds. The molecule has 0 saturated heterocycles. The van der Waals surface area contributed by atoms with Crippen molar-refractivity contribution in [2.45, 2.75) is 49.9 Å². The minimum Gasteiger partial charge on any atom is -0.459 e. The zero-order valence-corrected chi connectivity index (χ0v) is 16.0. The Balaban J connectivity index is 1.54. The summed E-state index contributed by atoms with van der Waals surface area (Å²) in [7, 11) is -6.23. The first-order chi connectivity index (χ1) is 12.8. The molecular formula is C18H22F4O5S. The molecule has 1 N–H and O–H groups in total. The van der Waals surface area contributed by atoms with Gasteiger partial charge in [-0.25, -0.2) is 4.79 Å². The number of hydrogen-bond acceptors (Lipinski definition) is 4. The van der Waals surface area contributed by atoms with Crippen molar-refractivity contribution < 1.29 is 40.1 Å². The minimum atomic E-state index is -6.23. The minimum absolute atomic E-state index is 0.00845. The lowest BCUT2D eigenvalue weighted by Crippen LogP contribution is -2.54. The molecule has 0 aromatic carbocycles. The van der Waals surface area contributed by atoms with Crippen LogP contribution >= 0.6 is 0 Å². The van der Waals surface area contributed by atoms with Crippen molar-refractivity contribution in [2.75, 3.05) is 0 Å². The summed E-state index contributed by atoms with van der Waals surface area (Å²) in [6.45, 7) is 5.08. The van der Waals surface area contributed by atoms with Crippen LogP contribution in [0.25, 0.3) is 0 Å². The molecule has 5 nitrogen and oxygen atoms in total. The number of alkyl halides is 4. The number of fused-ring (bicyclic) bond motifs is 9. The molecule has 0 aromatic rings. The number of ether oxygens (including phenoxy) is 1. The van der Waals surface area contributed by atoms with Gasteiger partial charge in [0, 0.05) is 11.5 Å². The Hall–Kier alpha value is -1.16. The van der Waals surface area contributed by atoms with Crippen LogP contribution in [0.4, 0.5) is 17.6 Å². The standard InChI is InChI=1S/C18H22F4O5S/c1-7(2)16(23)27-13-6-9-4-11(13)15-8-3-10(14(9)15)12(5-8)17(19,20)18(21,22)28(24,25)26/h8-15H,1,3-6H2,2H3,(H,24,25,26). The van der Waals surface area contributed by atoms with E-state index in [4.69, 9.17) is 9.29 Å². The van der Waals surface area contributed by atoms with Crippen LogP contribution in [0.15, 0.2) is 12.2 Å². The summed E-state index contributed by atoms with van der Waals surface area (Å²) in [6, 6.07) is 0. The number of halogens is 4. The molecule has 28 heavy (non-hydrogen) atoms. The van der Waals surface area contributed by atoms with E-state index >= 15 is 0 Å². The van der Waals surface area contributed by atoms with Crippen molar-refractivity contribution in [2.24, 2.45) is 41.4 Å². The van der Waals surface area contributed by atoms with Gasteiger partial charge in [-0.2, -0.15) is 26.0 Å². The van der Waals surface area contributed by atoms with Crippen LogP contribution in [0.5, 0.6) is 0 Å². The Labute approximate surface area is 160 Å². The third-order valence-corrected chi connectivity index (χ3v) is 8.46. The molecule has 158 valence electrons. The number of esters is 1. The normalized spacial score (nSPS) is 41.9. The highest BCUT2D eigenvalue weighted by Crippen LogP contribution is 2.71. The second-order valence-corrected chi connectivity index (χ2v) is 10.4. The molecule has 10 heteroatoms. The van der Waals surface area contributed by atoms with E-state index in [1.165, 1.54) is 6.92 Å². The second-order valence-electron chi connectivity index (χ2n) is 8.89. The van der Waals surface area contributed by atoms with Crippen LogP contribution in [0.3, 0.4) is 0 Å². The predicted molar refractivity (Wildman–Crippen MR) is 89.0 cm³/mol. The van der Waals surface area contributed by atoms with Gasteiger partial charge >= 0.3 is 27.3 Å². The molecule has 0 heterocycles. The van der Waals surface area contributed by atoms with E-state index in [9.17, 15) is 30.8 Å². The van der Waals surface area contributed by atoms with E-state index in [1.54, 1.807) is 0 Å². The topological polar surface area (TPSA) is 80.7 Å². The van der Waals surface area contributed by atoms with Gasteiger partial charge in [0.15, 0.2) is 0 Å². The second kappa shape index (κ2) is 5.93. The van der Waals surface area contributed by atoms with Gasteiger partial charge in [0.05, 0.1) is 0 Å². The molecule has 0 spiro atoms. The van der Waals surface area contributed by atoms with Gasteiger partial charge in [-0.1, -0.05) is 6.58 Å². The quantitative estimate of drug-likeness (QED) is 0.239. The Bertz CT molecular complexity index is 826. The van der Waals surface area contributed by atoms with Crippen LogP contribution in [0.1, 0.15) is 32.6 Å². The number of rotatable bonds is 5. The van der Waals surface area contributed by atoms with Crippen molar-refractivity contribution in [3.05, 3.63) is 12.2 Å². The molecule has 4 fully saturated rings. The molecule has 4 aliphatic rings. The fourth-order valence-corrected chi connectivity index (χ4v) is 7.21. The highest BCUT2D eigenvalue weighted by atomic mass is 32.2. The fourth-order valence-electron chi connectivity index (χ4n) is 6.72. The number of carbonyl (C=O) groups is 1. The highest BCUT2D eigenvalue weighted by molar-refractivity contribution is 7.87. The smallest absolute Gasteiger partial charge is 0.431 e. The summed E-state index contributed by atoms with van der Waals surface area (Å²) in [4.78, 5) is 11.8. The third-order valence-electron chi connectivity index (χ3n) is 7.54.